The molecule has 0 radical (unpaired) electrons. The van der Waals surface area contributed by atoms with Crippen molar-refractivity contribution in [3.8, 4) is 22.3 Å². The van der Waals surface area contributed by atoms with Gasteiger partial charge in [-0.05, 0) is 0 Å². The van der Waals surface area contributed by atoms with Crippen molar-refractivity contribution >= 4 is 12.2 Å². The molecule has 7 rings (SSSR count). The Hall–Kier alpha value is -2.18. The van der Waals surface area contributed by atoms with Gasteiger partial charge in [0.1, 0.15) is 0 Å². The van der Waals surface area contributed by atoms with E-state index in [0.29, 0.717) is 7.25 Å². The van der Waals surface area contributed by atoms with Crippen molar-refractivity contribution in [3.05, 3.63) is 127 Å². The Labute approximate surface area is 288 Å². The second-order valence-electron chi connectivity index (χ2n) is 13.9. The van der Waals surface area contributed by atoms with Gasteiger partial charge >= 0.3 is 266 Å². The number of hydrogen-bond donors (Lipinski definition) is 0. The topological polar surface area (TPSA) is 0 Å². The van der Waals surface area contributed by atoms with Crippen LogP contribution >= 0.6 is 0 Å². The fourth-order valence-electron chi connectivity index (χ4n) is 9.06. The first kappa shape index (κ1) is 34.2. The van der Waals surface area contributed by atoms with Gasteiger partial charge in [-0.25, -0.2) is 0 Å². The first-order valence-corrected chi connectivity index (χ1v) is 22.8. The minimum atomic E-state index is -2.78. The first-order valence-electron chi connectivity index (χ1n) is 16.5. The monoisotopic (exact) mass is 710 g/mol. The summed E-state index contributed by atoms with van der Waals surface area (Å²) in [6.07, 6.45) is 7.65. The van der Waals surface area contributed by atoms with Crippen molar-refractivity contribution < 1.29 is 45.1 Å². The van der Waals surface area contributed by atoms with Crippen LogP contribution in [0.2, 0.25) is 8.26 Å². The van der Waals surface area contributed by atoms with Gasteiger partial charge in [0.05, 0.1) is 0 Å². The van der Waals surface area contributed by atoms with Crippen LogP contribution in [0.4, 0.5) is 0 Å². The maximum atomic E-state index is 2.66. The molecule has 0 saturated carbocycles. The van der Waals surface area contributed by atoms with Crippen molar-refractivity contribution in [3.63, 3.8) is 0 Å². The van der Waals surface area contributed by atoms with E-state index in [-0.39, 0.29) is 24.8 Å². The van der Waals surface area contributed by atoms with Gasteiger partial charge in [-0.1, -0.05) is 0 Å². The van der Waals surface area contributed by atoms with Gasteiger partial charge in [-0.3, -0.25) is 0 Å². The zero-order chi connectivity index (χ0) is 30.2. The summed E-state index contributed by atoms with van der Waals surface area (Å²) in [6, 6.07) is 23.5. The Bertz CT molecular complexity index is 1700. The van der Waals surface area contributed by atoms with Crippen molar-refractivity contribution in [1.82, 2.24) is 0 Å². The van der Waals surface area contributed by atoms with Crippen LogP contribution in [0.1, 0.15) is 89.6 Å². The van der Waals surface area contributed by atoms with Gasteiger partial charge in [0.15, 0.2) is 0 Å². The van der Waals surface area contributed by atoms with E-state index in [0.717, 1.165) is 12.8 Å². The molecule has 3 aliphatic rings. The molecule has 0 N–H and O–H groups in total. The van der Waals surface area contributed by atoms with E-state index in [1.165, 1.54) is 63.9 Å². The molecule has 2 atom stereocenters. The van der Waals surface area contributed by atoms with Crippen molar-refractivity contribution in [2.45, 2.75) is 83.7 Å². The van der Waals surface area contributed by atoms with E-state index >= 15 is 0 Å². The summed E-state index contributed by atoms with van der Waals surface area (Å²) in [6.45, 7) is 18.7. The van der Waals surface area contributed by atoms with Crippen LogP contribution in [0.3, 0.4) is 0 Å². The number of benzene rings is 4. The van der Waals surface area contributed by atoms with Gasteiger partial charge in [0.2, 0.25) is 0 Å². The van der Waals surface area contributed by atoms with E-state index < -0.39 is 20.3 Å². The second-order valence-corrected chi connectivity index (χ2v) is 25.3. The molecular weight excluding hydrogens is 667 g/mol. The summed E-state index contributed by atoms with van der Waals surface area (Å²) in [5.74, 6) is 0. The van der Waals surface area contributed by atoms with Crippen LogP contribution < -0.4 is 24.8 Å². The predicted octanol–water partition coefficient (Wildman–Crippen LogP) is 6.28. The quantitative estimate of drug-likeness (QED) is 0.221. The Kier molecular flexibility index (Phi) is 9.71. The Morgan fingerprint density at radius 3 is 1.20 bits per heavy atom. The predicted molar refractivity (Wildman–Crippen MR) is 184 cm³/mol. The third-order valence-corrected chi connectivity index (χ3v) is 24.0. The summed E-state index contributed by atoms with van der Waals surface area (Å²) < 4.78 is 4.40. The molecule has 0 bridgehead atoms. The van der Waals surface area contributed by atoms with Crippen molar-refractivity contribution in [2.75, 3.05) is 0 Å². The standard InChI is InChI=1S/2C20H21.C2H4.2ClH.Zr/c2*1-5-16-11-18-14(3)10-15(4)20(19(18)12-16)17-8-6-13(2)7-9-17;1-2;;;/h2*6-12H,5H2,1-4H3;1-2H2;2*1H;/q;;;;;+2/p-2. The molecule has 0 aromatic heterocycles. The molecule has 1 aliphatic heterocycles. The van der Waals surface area contributed by atoms with Crippen LogP contribution in [0.15, 0.2) is 71.8 Å². The van der Waals surface area contributed by atoms with Crippen LogP contribution in [0, 0.1) is 41.5 Å². The number of aryl methyl sites for hydroxylation is 6. The van der Waals surface area contributed by atoms with E-state index in [1.807, 2.05) is 0 Å². The molecule has 0 nitrogen and oxygen atoms in total. The largest absolute Gasteiger partial charge is 1.00 e. The molecule has 232 valence electrons. The number of fused-ring (bicyclic) bond motifs is 2. The number of allylic oxidation sites excluding steroid dienone is 2. The minimum Gasteiger partial charge on any atom is -1.00 e. The van der Waals surface area contributed by atoms with Crippen LogP contribution in [0.5, 0.6) is 0 Å². The normalized spacial score (nSPS) is 18.0. The molecule has 2 unspecified atom stereocenters. The molecule has 3 heteroatoms. The molecule has 1 fully saturated rings. The number of hydrogen-bond acceptors (Lipinski definition) is 0. The summed E-state index contributed by atoms with van der Waals surface area (Å²) in [5, 5.41) is 0. The van der Waals surface area contributed by atoms with Gasteiger partial charge in [0.25, 0.3) is 0 Å². The smallest absolute Gasteiger partial charge is 1.00 e. The van der Waals surface area contributed by atoms with Crippen LogP contribution in [-0.2, 0) is 20.3 Å². The average molecular weight is 713 g/mol. The molecular formula is C42H46Cl2Zr. The summed E-state index contributed by atoms with van der Waals surface area (Å²) in [7, 11) is 0. The third kappa shape index (κ3) is 5.40. The molecule has 45 heavy (non-hydrogen) atoms. The fraction of sp³-hybridized carbons (Fsp3) is 0.333. The molecule has 1 heterocycles. The Morgan fingerprint density at radius 2 is 0.889 bits per heavy atom. The van der Waals surface area contributed by atoms with Crippen molar-refractivity contribution in [1.29, 1.82) is 0 Å². The minimum absolute atomic E-state index is 0. The van der Waals surface area contributed by atoms with Gasteiger partial charge in [0, 0.05) is 0 Å². The Morgan fingerprint density at radius 1 is 0.533 bits per heavy atom. The van der Waals surface area contributed by atoms with E-state index in [4.69, 9.17) is 0 Å². The maximum absolute atomic E-state index is 2.78. The molecule has 4 aromatic carbocycles. The van der Waals surface area contributed by atoms with E-state index in [9.17, 15) is 0 Å². The number of halogens is 2. The molecule has 0 amide bonds. The van der Waals surface area contributed by atoms with Crippen molar-refractivity contribution in [2.24, 2.45) is 0 Å². The SMILES string of the molecule is CCC1=Cc2c(-c3ccc(C)cc3)c(C)cc(C)c2[CH]1[Zr+2]1([CH]2C(CC)=Cc3c(-c4ccc(C)cc4)c(C)cc(C)c32)[CH2][CH2]1.[Cl-].[Cl-]. The average Bonchev–Trinajstić information content (AvgIpc) is 3.51. The van der Waals surface area contributed by atoms with Gasteiger partial charge in [-0.15, -0.1) is 0 Å². The zero-order valence-corrected chi connectivity index (χ0v) is 32.1. The van der Waals surface area contributed by atoms with Gasteiger partial charge < -0.3 is 24.8 Å². The molecule has 1 saturated heterocycles. The van der Waals surface area contributed by atoms with Crippen LogP contribution in [0.25, 0.3) is 34.4 Å². The summed E-state index contributed by atoms with van der Waals surface area (Å²) >= 11 is -2.78. The third-order valence-electron chi connectivity index (χ3n) is 11.1. The molecule has 4 aromatic rings. The zero-order valence-electron chi connectivity index (χ0n) is 28.2. The van der Waals surface area contributed by atoms with Gasteiger partial charge in [-0.2, -0.15) is 0 Å². The Balaban J connectivity index is 0.00000200. The first-order chi connectivity index (χ1) is 20.7. The number of rotatable bonds is 6. The van der Waals surface area contributed by atoms with E-state index in [2.05, 4.69) is 128 Å². The summed E-state index contributed by atoms with van der Waals surface area (Å²) in [4.78, 5) is 0. The summed E-state index contributed by atoms with van der Waals surface area (Å²) in [5.41, 5.74) is 24.2. The molecule has 2 aliphatic carbocycles. The second kappa shape index (κ2) is 12.8. The van der Waals surface area contributed by atoms with E-state index in [1.54, 1.807) is 33.4 Å². The fourth-order valence-corrected chi connectivity index (χ4v) is 27.4. The molecule has 0 spiro atoms. The maximum Gasteiger partial charge on any atom is -1.00 e. The van der Waals surface area contributed by atoms with Crippen LogP contribution in [-0.4, -0.2) is 0 Å².